The summed E-state index contributed by atoms with van der Waals surface area (Å²) in [6, 6.07) is 6.99. The van der Waals surface area contributed by atoms with Crippen LogP contribution < -0.4 is 0 Å². The minimum atomic E-state index is -3.07. The molecule has 0 heterocycles. The van der Waals surface area contributed by atoms with Crippen LogP contribution in [0.3, 0.4) is 0 Å². The van der Waals surface area contributed by atoms with Gasteiger partial charge in [-0.1, -0.05) is 12.1 Å². The summed E-state index contributed by atoms with van der Waals surface area (Å²) in [4.78, 5) is 0.423. The van der Waals surface area contributed by atoms with E-state index in [1.165, 1.54) is 0 Å². The Morgan fingerprint density at radius 2 is 1.93 bits per heavy atom. The standard InChI is InChI=1S/C10H11BrO2S/c11-9-3-1-2-4-10(9)14(12,13)7-8-5-6-8/h1-4,8H,5-7H2. The monoisotopic (exact) mass is 274 g/mol. The largest absolute Gasteiger partial charge is 0.224 e. The zero-order valence-electron chi connectivity index (χ0n) is 7.61. The van der Waals surface area contributed by atoms with Crippen LogP contribution in [-0.2, 0) is 9.84 Å². The van der Waals surface area contributed by atoms with Crippen LogP contribution in [0, 0.1) is 5.92 Å². The van der Waals surface area contributed by atoms with Gasteiger partial charge in [-0.25, -0.2) is 8.42 Å². The molecule has 0 radical (unpaired) electrons. The molecule has 14 heavy (non-hydrogen) atoms. The first-order chi connectivity index (χ1) is 6.59. The lowest BCUT2D eigenvalue weighted by atomic mass is 10.4. The lowest BCUT2D eigenvalue weighted by Gasteiger charge is -2.04. The molecule has 0 amide bonds. The van der Waals surface area contributed by atoms with E-state index in [9.17, 15) is 8.42 Å². The smallest absolute Gasteiger partial charge is 0.179 e. The summed E-state index contributed by atoms with van der Waals surface area (Å²) in [6.45, 7) is 0. The zero-order chi connectivity index (χ0) is 10.2. The highest BCUT2D eigenvalue weighted by atomic mass is 79.9. The molecular formula is C10H11BrO2S. The van der Waals surface area contributed by atoms with E-state index in [2.05, 4.69) is 15.9 Å². The number of benzene rings is 1. The van der Waals surface area contributed by atoms with Crippen molar-refractivity contribution in [1.82, 2.24) is 0 Å². The third kappa shape index (κ3) is 2.17. The van der Waals surface area contributed by atoms with Gasteiger partial charge in [-0.15, -0.1) is 0 Å². The molecule has 0 atom stereocenters. The molecule has 0 aliphatic heterocycles. The van der Waals surface area contributed by atoms with Gasteiger partial charge in [0.25, 0.3) is 0 Å². The Kier molecular flexibility index (Phi) is 2.66. The van der Waals surface area contributed by atoms with E-state index >= 15 is 0 Å². The van der Waals surface area contributed by atoms with Crippen molar-refractivity contribution in [3.8, 4) is 0 Å². The van der Waals surface area contributed by atoms with E-state index in [0.29, 0.717) is 21.0 Å². The second kappa shape index (κ2) is 3.66. The first kappa shape index (κ1) is 10.2. The van der Waals surface area contributed by atoms with E-state index in [1.54, 1.807) is 18.2 Å². The Morgan fingerprint density at radius 3 is 2.50 bits per heavy atom. The first-order valence-corrected chi connectivity index (χ1v) is 7.01. The van der Waals surface area contributed by atoms with Gasteiger partial charge in [0.2, 0.25) is 0 Å². The van der Waals surface area contributed by atoms with Crippen LogP contribution in [0.1, 0.15) is 12.8 Å². The van der Waals surface area contributed by atoms with Crippen molar-refractivity contribution in [2.24, 2.45) is 5.92 Å². The molecule has 0 bridgehead atoms. The van der Waals surface area contributed by atoms with Crippen molar-refractivity contribution >= 4 is 25.8 Å². The average molecular weight is 275 g/mol. The summed E-state index contributed by atoms with van der Waals surface area (Å²) in [5.74, 6) is 0.697. The first-order valence-electron chi connectivity index (χ1n) is 4.57. The molecule has 1 saturated carbocycles. The summed E-state index contributed by atoms with van der Waals surface area (Å²) in [5, 5.41) is 0. The fourth-order valence-corrected chi connectivity index (χ4v) is 4.19. The maximum atomic E-state index is 11.9. The van der Waals surface area contributed by atoms with Crippen molar-refractivity contribution in [2.45, 2.75) is 17.7 Å². The third-order valence-electron chi connectivity index (χ3n) is 2.32. The molecule has 0 N–H and O–H groups in total. The van der Waals surface area contributed by atoms with Gasteiger partial charge >= 0.3 is 0 Å². The van der Waals surface area contributed by atoms with Gasteiger partial charge in [0.05, 0.1) is 10.6 Å². The van der Waals surface area contributed by atoms with Gasteiger partial charge in [-0.3, -0.25) is 0 Å². The van der Waals surface area contributed by atoms with Crippen LogP contribution in [0.4, 0.5) is 0 Å². The van der Waals surface area contributed by atoms with E-state index in [-0.39, 0.29) is 0 Å². The van der Waals surface area contributed by atoms with Crippen LogP contribution in [-0.4, -0.2) is 14.2 Å². The molecule has 0 unspecified atom stereocenters. The van der Waals surface area contributed by atoms with Crippen molar-refractivity contribution in [3.05, 3.63) is 28.7 Å². The molecule has 1 aromatic carbocycles. The summed E-state index contributed by atoms with van der Waals surface area (Å²) in [5.41, 5.74) is 0. The number of sulfone groups is 1. The average Bonchev–Trinajstić information content (AvgIpc) is 2.88. The second-order valence-corrected chi connectivity index (χ2v) is 6.51. The fourth-order valence-electron chi connectivity index (χ4n) is 1.38. The third-order valence-corrected chi connectivity index (χ3v) is 5.21. The van der Waals surface area contributed by atoms with Gasteiger partial charge < -0.3 is 0 Å². The number of halogens is 1. The van der Waals surface area contributed by atoms with Crippen molar-refractivity contribution in [2.75, 3.05) is 5.75 Å². The fraction of sp³-hybridized carbons (Fsp3) is 0.400. The van der Waals surface area contributed by atoms with Gasteiger partial charge in [-0.05, 0) is 46.8 Å². The number of hydrogen-bond acceptors (Lipinski definition) is 2. The van der Waals surface area contributed by atoms with E-state index in [0.717, 1.165) is 12.8 Å². The maximum Gasteiger partial charge on any atom is 0.179 e. The molecule has 1 aromatic rings. The van der Waals surface area contributed by atoms with Gasteiger partial charge in [0.15, 0.2) is 9.84 Å². The Labute approximate surface area is 92.4 Å². The van der Waals surface area contributed by atoms with Crippen LogP contribution in [0.25, 0.3) is 0 Å². The highest BCUT2D eigenvalue weighted by Crippen LogP contribution is 2.33. The lowest BCUT2D eigenvalue weighted by Crippen LogP contribution is -2.08. The summed E-state index contributed by atoms with van der Waals surface area (Å²) in [6.07, 6.45) is 2.12. The Hall–Kier alpha value is -0.350. The highest BCUT2D eigenvalue weighted by molar-refractivity contribution is 9.10. The molecule has 1 aliphatic carbocycles. The minimum Gasteiger partial charge on any atom is -0.224 e. The summed E-state index contributed by atoms with van der Waals surface area (Å²) >= 11 is 3.26. The number of rotatable bonds is 3. The summed E-state index contributed by atoms with van der Waals surface area (Å²) < 4.78 is 24.4. The Balaban J connectivity index is 2.33. The van der Waals surface area contributed by atoms with E-state index in [4.69, 9.17) is 0 Å². The van der Waals surface area contributed by atoms with Gasteiger partial charge in [-0.2, -0.15) is 0 Å². The predicted octanol–water partition coefficient (Wildman–Crippen LogP) is 2.63. The van der Waals surface area contributed by atoms with Crippen LogP contribution in [0.2, 0.25) is 0 Å². The highest BCUT2D eigenvalue weighted by Gasteiger charge is 2.29. The lowest BCUT2D eigenvalue weighted by molar-refractivity contribution is 0.592. The molecular weight excluding hydrogens is 264 g/mol. The molecule has 2 rings (SSSR count). The Bertz CT molecular complexity index is 435. The molecule has 4 heteroatoms. The molecule has 1 fully saturated rings. The van der Waals surface area contributed by atoms with E-state index < -0.39 is 9.84 Å². The molecule has 0 saturated heterocycles. The van der Waals surface area contributed by atoms with Crippen LogP contribution in [0.5, 0.6) is 0 Å². The second-order valence-electron chi connectivity index (χ2n) is 3.66. The SMILES string of the molecule is O=S(=O)(CC1CC1)c1ccccc1Br. The minimum absolute atomic E-state index is 0.301. The quantitative estimate of drug-likeness (QED) is 0.849. The number of hydrogen-bond donors (Lipinski definition) is 0. The Morgan fingerprint density at radius 1 is 1.29 bits per heavy atom. The van der Waals surface area contributed by atoms with Gasteiger partial charge in [0, 0.05) is 4.47 Å². The van der Waals surface area contributed by atoms with Crippen molar-refractivity contribution in [1.29, 1.82) is 0 Å². The molecule has 0 aromatic heterocycles. The van der Waals surface area contributed by atoms with E-state index in [1.807, 2.05) is 6.07 Å². The van der Waals surface area contributed by atoms with Crippen molar-refractivity contribution < 1.29 is 8.42 Å². The van der Waals surface area contributed by atoms with Crippen molar-refractivity contribution in [3.63, 3.8) is 0 Å². The van der Waals surface area contributed by atoms with Crippen LogP contribution in [0.15, 0.2) is 33.6 Å². The molecule has 2 nitrogen and oxygen atoms in total. The molecule has 0 spiro atoms. The normalized spacial score (nSPS) is 16.9. The zero-order valence-corrected chi connectivity index (χ0v) is 10.0. The summed E-state index contributed by atoms with van der Waals surface area (Å²) in [7, 11) is -3.07. The predicted molar refractivity (Wildman–Crippen MR) is 58.9 cm³/mol. The molecule has 1 aliphatic rings. The molecule has 76 valence electrons. The van der Waals surface area contributed by atoms with Crippen LogP contribution >= 0.6 is 15.9 Å². The topological polar surface area (TPSA) is 34.1 Å². The van der Waals surface area contributed by atoms with Gasteiger partial charge in [0.1, 0.15) is 0 Å². The maximum absolute atomic E-state index is 11.9.